The summed E-state index contributed by atoms with van der Waals surface area (Å²) in [5.41, 5.74) is 4.68. The molecule has 34 heavy (non-hydrogen) atoms. The number of rotatable bonds is 5. The summed E-state index contributed by atoms with van der Waals surface area (Å²) in [5, 5.41) is 0. The standard InChI is InChI=1S/C26H19N3O3S2/c1-27-21-4-6-22(7-5-21)34(31,32)16-17-11-19(14-28-13-17)25-10-9-24(33-25)18-3-8-23-20(12-18)15-29(2)26(23)30/h3-14H,15-16H2,2H3. The smallest absolute Gasteiger partial charge is 0.254 e. The highest BCUT2D eigenvalue weighted by Crippen LogP contribution is 2.36. The molecule has 0 aliphatic carbocycles. The van der Waals surface area contributed by atoms with Gasteiger partial charge in [-0.15, -0.1) is 11.3 Å². The minimum absolute atomic E-state index is 0.0496. The topological polar surface area (TPSA) is 71.7 Å². The number of aromatic nitrogens is 1. The number of carbonyl (C=O) groups is 1. The summed E-state index contributed by atoms with van der Waals surface area (Å²) in [6.07, 6.45) is 3.30. The van der Waals surface area contributed by atoms with Gasteiger partial charge in [-0.1, -0.05) is 30.3 Å². The maximum absolute atomic E-state index is 12.8. The lowest BCUT2D eigenvalue weighted by Crippen LogP contribution is -2.17. The largest absolute Gasteiger partial charge is 0.337 e. The molecule has 1 aliphatic heterocycles. The van der Waals surface area contributed by atoms with E-state index >= 15 is 0 Å². The average molecular weight is 486 g/mol. The van der Waals surface area contributed by atoms with Crippen molar-refractivity contribution in [2.75, 3.05) is 7.05 Å². The molecule has 2 aromatic carbocycles. The van der Waals surface area contributed by atoms with Crippen molar-refractivity contribution in [2.45, 2.75) is 17.2 Å². The molecule has 0 radical (unpaired) electrons. The molecule has 0 saturated carbocycles. The van der Waals surface area contributed by atoms with Crippen LogP contribution < -0.4 is 0 Å². The van der Waals surface area contributed by atoms with Crippen molar-refractivity contribution >= 4 is 32.8 Å². The zero-order chi connectivity index (χ0) is 23.9. The van der Waals surface area contributed by atoms with E-state index in [-0.39, 0.29) is 16.6 Å². The number of hydrogen-bond donors (Lipinski definition) is 0. The monoisotopic (exact) mass is 485 g/mol. The van der Waals surface area contributed by atoms with Gasteiger partial charge in [0.05, 0.1) is 17.2 Å². The molecule has 0 bridgehead atoms. The Morgan fingerprint density at radius 2 is 1.74 bits per heavy atom. The zero-order valence-corrected chi connectivity index (χ0v) is 19.9. The van der Waals surface area contributed by atoms with Crippen molar-refractivity contribution in [3.8, 4) is 20.9 Å². The Kier molecular flexibility index (Phi) is 5.52. The Morgan fingerprint density at radius 3 is 2.47 bits per heavy atom. The minimum Gasteiger partial charge on any atom is -0.337 e. The molecule has 1 amide bonds. The van der Waals surface area contributed by atoms with E-state index in [9.17, 15) is 13.2 Å². The van der Waals surface area contributed by atoms with Gasteiger partial charge in [-0.05, 0) is 47.0 Å². The second-order valence-electron chi connectivity index (χ2n) is 8.14. The van der Waals surface area contributed by atoms with Gasteiger partial charge >= 0.3 is 0 Å². The molecule has 1 aliphatic rings. The summed E-state index contributed by atoms with van der Waals surface area (Å²) in [5.74, 6) is -0.121. The van der Waals surface area contributed by atoms with Crippen LogP contribution in [0.4, 0.5) is 5.69 Å². The van der Waals surface area contributed by atoms with Crippen molar-refractivity contribution in [1.82, 2.24) is 9.88 Å². The van der Waals surface area contributed by atoms with E-state index in [0.717, 1.165) is 32.0 Å². The van der Waals surface area contributed by atoms with Gasteiger partial charge < -0.3 is 4.90 Å². The van der Waals surface area contributed by atoms with Gasteiger partial charge in [0.15, 0.2) is 15.5 Å². The van der Waals surface area contributed by atoms with Gasteiger partial charge in [0, 0.05) is 46.9 Å². The number of benzene rings is 2. The number of pyridine rings is 1. The number of amides is 1. The molecule has 5 rings (SSSR count). The molecule has 0 spiro atoms. The summed E-state index contributed by atoms with van der Waals surface area (Å²) < 4.78 is 25.7. The normalized spacial score (nSPS) is 13.1. The first-order valence-electron chi connectivity index (χ1n) is 10.5. The highest BCUT2D eigenvalue weighted by Gasteiger charge is 2.24. The first kappa shape index (κ1) is 22.0. The molecule has 0 unspecified atom stereocenters. The Morgan fingerprint density at radius 1 is 1.00 bits per heavy atom. The number of carbonyl (C=O) groups excluding carboxylic acids is 1. The van der Waals surface area contributed by atoms with Crippen LogP contribution in [0.15, 0.2) is 78.0 Å². The maximum atomic E-state index is 12.8. The number of thiophene rings is 1. The summed E-state index contributed by atoms with van der Waals surface area (Å²) in [7, 11) is -1.76. The molecule has 8 heteroatoms. The molecular weight excluding hydrogens is 466 g/mol. The number of sulfone groups is 1. The molecule has 0 atom stereocenters. The lowest BCUT2D eigenvalue weighted by molar-refractivity contribution is 0.0816. The Bertz CT molecular complexity index is 1570. The van der Waals surface area contributed by atoms with E-state index in [1.165, 1.54) is 24.3 Å². The average Bonchev–Trinajstić information content (AvgIpc) is 3.44. The Labute approximate surface area is 201 Å². The summed E-state index contributed by atoms with van der Waals surface area (Å²) >= 11 is 1.60. The minimum atomic E-state index is -3.56. The van der Waals surface area contributed by atoms with Crippen LogP contribution in [0.25, 0.3) is 25.7 Å². The van der Waals surface area contributed by atoms with Crippen molar-refractivity contribution < 1.29 is 13.2 Å². The fraction of sp³-hybridized carbons (Fsp3) is 0.115. The first-order valence-corrected chi connectivity index (χ1v) is 12.9. The van der Waals surface area contributed by atoms with Gasteiger partial charge in [-0.25, -0.2) is 13.3 Å². The predicted molar refractivity (Wildman–Crippen MR) is 132 cm³/mol. The molecule has 0 N–H and O–H groups in total. The van der Waals surface area contributed by atoms with Gasteiger partial charge in [0.2, 0.25) is 0 Å². The number of nitrogens with zero attached hydrogens (tertiary/aromatic N) is 3. The lowest BCUT2D eigenvalue weighted by Gasteiger charge is -2.06. The highest BCUT2D eigenvalue weighted by molar-refractivity contribution is 7.90. The van der Waals surface area contributed by atoms with Crippen molar-refractivity contribution in [2.24, 2.45) is 0 Å². The molecule has 2 aromatic heterocycles. The molecular formula is C26H19N3O3S2. The number of fused-ring (bicyclic) bond motifs is 1. The molecule has 0 saturated heterocycles. The van der Waals surface area contributed by atoms with Crippen LogP contribution in [-0.4, -0.2) is 31.3 Å². The lowest BCUT2D eigenvalue weighted by atomic mass is 10.1. The third kappa shape index (κ3) is 4.12. The molecule has 0 fully saturated rings. The highest BCUT2D eigenvalue weighted by atomic mass is 32.2. The summed E-state index contributed by atoms with van der Waals surface area (Å²) in [6, 6.07) is 17.7. The van der Waals surface area contributed by atoms with Crippen molar-refractivity contribution in [1.29, 1.82) is 0 Å². The van der Waals surface area contributed by atoms with E-state index < -0.39 is 9.84 Å². The van der Waals surface area contributed by atoms with Crippen molar-refractivity contribution in [3.05, 3.63) is 101 Å². The zero-order valence-electron chi connectivity index (χ0n) is 18.2. The van der Waals surface area contributed by atoms with Crippen LogP contribution >= 0.6 is 11.3 Å². The SMILES string of the molecule is [C-]#[N+]c1ccc(S(=O)(=O)Cc2cncc(-c3ccc(-c4ccc5c(c4)CN(C)C5=O)s3)c2)cc1. The third-order valence-electron chi connectivity index (χ3n) is 5.74. The fourth-order valence-electron chi connectivity index (χ4n) is 4.00. The van der Waals surface area contributed by atoms with Crippen molar-refractivity contribution in [3.63, 3.8) is 0 Å². The second-order valence-corrected chi connectivity index (χ2v) is 11.2. The third-order valence-corrected chi connectivity index (χ3v) is 8.63. The van der Waals surface area contributed by atoms with Gasteiger partial charge in [-0.2, -0.15) is 0 Å². The van der Waals surface area contributed by atoms with Crippen LogP contribution in [0.2, 0.25) is 0 Å². The summed E-state index contributed by atoms with van der Waals surface area (Å²) in [6.45, 7) is 7.63. The van der Waals surface area contributed by atoms with E-state index in [1.54, 1.807) is 35.7 Å². The van der Waals surface area contributed by atoms with Gasteiger partial charge in [-0.3, -0.25) is 9.78 Å². The molecule has 168 valence electrons. The van der Waals surface area contributed by atoms with E-state index in [0.29, 0.717) is 17.8 Å². The fourth-order valence-corrected chi connectivity index (χ4v) is 6.30. The van der Waals surface area contributed by atoms with Gasteiger partial charge in [0.25, 0.3) is 5.91 Å². The maximum Gasteiger partial charge on any atom is 0.254 e. The quantitative estimate of drug-likeness (QED) is 0.346. The number of hydrogen-bond acceptors (Lipinski definition) is 5. The first-order chi connectivity index (χ1) is 16.3. The van der Waals surface area contributed by atoms with E-state index in [4.69, 9.17) is 6.57 Å². The molecule has 4 aromatic rings. The second kappa shape index (κ2) is 8.52. The van der Waals surface area contributed by atoms with Crippen LogP contribution in [0, 0.1) is 6.57 Å². The molecule has 6 nitrogen and oxygen atoms in total. The van der Waals surface area contributed by atoms with Crippen LogP contribution in [0.3, 0.4) is 0 Å². The predicted octanol–water partition coefficient (Wildman–Crippen LogP) is 5.59. The van der Waals surface area contributed by atoms with E-state index in [2.05, 4.69) is 15.9 Å². The molecule has 3 heterocycles. The van der Waals surface area contributed by atoms with Crippen LogP contribution in [0.5, 0.6) is 0 Å². The van der Waals surface area contributed by atoms with Gasteiger partial charge in [0.1, 0.15) is 0 Å². The Balaban J connectivity index is 1.39. The van der Waals surface area contributed by atoms with Crippen LogP contribution in [-0.2, 0) is 22.1 Å². The summed E-state index contributed by atoms with van der Waals surface area (Å²) in [4.78, 5) is 23.7. The van der Waals surface area contributed by atoms with E-state index in [1.807, 2.05) is 30.3 Å². The Hall–Kier alpha value is -3.80. The van der Waals surface area contributed by atoms with Crippen LogP contribution in [0.1, 0.15) is 21.5 Å².